The van der Waals surface area contributed by atoms with Crippen LogP contribution < -0.4 is 14.2 Å². The second kappa shape index (κ2) is 12.3. The van der Waals surface area contributed by atoms with E-state index in [2.05, 4.69) is 32.9 Å². The lowest BCUT2D eigenvalue weighted by atomic mass is 9.99. The van der Waals surface area contributed by atoms with Crippen LogP contribution in [0.25, 0.3) is 11.1 Å². The molecule has 0 saturated carbocycles. The van der Waals surface area contributed by atoms with Crippen molar-refractivity contribution in [1.82, 2.24) is 0 Å². The van der Waals surface area contributed by atoms with Crippen LogP contribution in [0.2, 0.25) is 0 Å². The summed E-state index contributed by atoms with van der Waals surface area (Å²) in [6, 6.07) is 18.8. The van der Waals surface area contributed by atoms with Crippen molar-refractivity contribution in [1.29, 1.82) is 0 Å². The van der Waals surface area contributed by atoms with Crippen LogP contribution in [-0.2, 0) is 6.61 Å². The van der Waals surface area contributed by atoms with Crippen LogP contribution in [-0.4, -0.2) is 13.7 Å². The van der Waals surface area contributed by atoms with Crippen molar-refractivity contribution in [2.24, 2.45) is 0 Å². The van der Waals surface area contributed by atoms with E-state index in [0.29, 0.717) is 41.8 Å². The zero-order valence-electron chi connectivity index (χ0n) is 20.2. The number of methoxy groups -OCH3 is 1. The predicted octanol–water partition coefficient (Wildman–Crippen LogP) is 8.16. The molecule has 0 saturated heterocycles. The first-order valence-corrected chi connectivity index (χ1v) is 11.9. The number of ether oxygens (including phenoxy) is 3. The molecule has 176 valence electrons. The SMILES string of the molecule is CCCCCOc1cc(COc2cccc([C@H](C)CC)c2)ccc1-c1cc(OC)ccc1F. The first-order chi connectivity index (χ1) is 16.0. The topological polar surface area (TPSA) is 27.7 Å². The van der Waals surface area contributed by atoms with Crippen LogP contribution in [0.1, 0.15) is 63.5 Å². The van der Waals surface area contributed by atoms with E-state index >= 15 is 0 Å². The number of hydrogen-bond acceptors (Lipinski definition) is 3. The molecule has 0 heterocycles. The number of unbranched alkanes of at least 4 members (excludes halogenated alkanes) is 2. The van der Waals surface area contributed by atoms with Crippen molar-refractivity contribution >= 4 is 0 Å². The maximum Gasteiger partial charge on any atom is 0.131 e. The van der Waals surface area contributed by atoms with E-state index in [-0.39, 0.29) is 5.82 Å². The Bertz CT molecular complexity index is 1030. The lowest BCUT2D eigenvalue weighted by Gasteiger charge is -2.16. The average molecular weight is 451 g/mol. The molecule has 3 rings (SSSR count). The average Bonchev–Trinajstić information content (AvgIpc) is 2.85. The Morgan fingerprint density at radius 2 is 1.70 bits per heavy atom. The van der Waals surface area contributed by atoms with Crippen LogP contribution in [0.4, 0.5) is 4.39 Å². The fourth-order valence-electron chi connectivity index (χ4n) is 3.68. The second-order valence-electron chi connectivity index (χ2n) is 8.40. The zero-order chi connectivity index (χ0) is 23.6. The van der Waals surface area contributed by atoms with E-state index in [4.69, 9.17) is 14.2 Å². The first-order valence-electron chi connectivity index (χ1n) is 11.9. The quantitative estimate of drug-likeness (QED) is 0.261. The molecule has 0 bridgehead atoms. The summed E-state index contributed by atoms with van der Waals surface area (Å²) in [5, 5.41) is 0. The van der Waals surface area contributed by atoms with Gasteiger partial charge in [-0.3, -0.25) is 0 Å². The summed E-state index contributed by atoms with van der Waals surface area (Å²) in [4.78, 5) is 0. The molecule has 0 aliphatic rings. The molecule has 3 aromatic rings. The van der Waals surface area contributed by atoms with Crippen LogP contribution in [0.15, 0.2) is 60.7 Å². The second-order valence-corrected chi connectivity index (χ2v) is 8.40. The van der Waals surface area contributed by atoms with Gasteiger partial charge in [-0.25, -0.2) is 4.39 Å². The zero-order valence-corrected chi connectivity index (χ0v) is 20.2. The fourth-order valence-corrected chi connectivity index (χ4v) is 3.68. The molecule has 0 aliphatic carbocycles. The molecular formula is C29H35FO3. The highest BCUT2D eigenvalue weighted by Gasteiger charge is 2.14. The number of halogens is 1. The van der Waals surface area contributed by atoms with Crippen LogP contribution in [0, 0.1) is 5.82 Å². The Hall–Kier alpha value is -3.01. The van der Waals surface area contributed by atoms with Gasteiger partial charge in [0.1, 0.15) is 29.7 Å². The number of benzene rings is 3. The van der Waals surface area contributed by atoms with E-state index in [1.54, 1.807) is 19.2 Å². The summed E-state index contributed by atoms with van der Waals surface area (Å²) in [6.45, 7) is 7.57. The van der Waals surface area contributed by atoms with E-state index < -0.39 is 0 Å². The van der Waals surface area contributed by atoms with Crippen molar-refractivity contribution < 1.29 is 18.6 Å². The Morgan fingerprint density at radius 3 is 2.45 bits per heavy atom. The molecule has 0 fully saturated rings. The minimum absolute atomic E-state index is 0.305. The van der Waals surface area contributed by atoms with Gasteiger partial charge in [-0.15, -0.1) is 0 Å². The minimum Gasteiger partial charge on any atom is -0.497 e. The maximum atomic E-state index is 14.7. The molecule has 0 N–H and O–H groups in total. The molecule has 0 aliphatic heterocycles. The normalized spacial score (nSPS) is 11.8. The minimum atomic E-state index is -0.305. The van der Waals surface area contributed by atoms with E-state index in [0.717, 1.165) is 37.0 Å². The Morgan fingerprint density at radius 1 is 0.848 bits per heavy atom. The monoisotopic (exact) mass is 450 g/mol. The Kier molecular flexibility index (Phi) is 9.17. The largest absolute Gasteiger partial charge is 0.497 e. The molecule has 3 aromatic carbocycles. The van der Waals surface area contributed by atoms with E-state index in [9.17, 15) is 4.39 Å². The highest BCUT2D eigenvalue weighted by atomic mass is 19.1. The van der Waals surface area contributed by atoms with Gasteiger partial charge in [-0.2, -0.15) is 0 Å². The summed E-state index contributed by atoms with van der Waals surface area (Å²) >= 11 is 0. The van der Waals surface area contributed by atoms with Crippen molar-refractivity contribution in [2.75, 3.05) is 13.7 Å². The standard InChI is InChI=1S/C29H35FO3/c1-5-7-8-16-32-29-17-22(20-33-25-11-9-10-23(18-25)21(3)6-2)12-14-26(29)27-19-24(31-4)13-15-28(27)30/h9-15,17-19,21H,5-8,16,20H2,1-4H3/t21-/m1/s1. The van der Waals surface area contributed by atoms with Crippen LogP contribution >= 0.6 is 0 Å². The van der Waals surface area contributed by atoms with E-state index in [1.165, 1.54) is 11.6 Å². The molecule has 1 atom stereocenters. The van der Waals surface area contributed by atoms with Gasteiger partial charge < -0.3 is 14.2 Å². The Labute approximate surface area is 197 Å². The molecule has 3 nitrogen and oxygen atoms in total. The fraction of sp³-hybridized carbons (Fsp3) is 0.379. The van der Waals surface area contributed by atoms with Crippen molar-refractivity contribution in [2.45, 2.75) is 59.0 Å². The highest BCUT2D eigenvalue weighted by molar-refractivity contribution is 5.72. The summed E-state index contributed by atoms with van der Waals surface area (Å²) in [5.41, 5.74) is 3.43. The van der Waals surface area contributed by atoms with Crippen LogP contribution in [0.5, 0.6) is 17.2 Å². The third-order valence-electron chi connectivity index (χ3n) is 5.96. The molecule has 0 radical (unpaired) electrons. The smallest absolute Gasteiger partial charge is 0.131 e. The van der Waals surface area contributed by atoms with Gasteiger partial charge in [-0.1, -0.05) is 57.9 Å². The molecular weight excluding hydrogens is 415 g/mol. The lowest BCUT2D eigenvalue weighted by molar-refractivity contribution is 0.296. The molecule has 0 spiro atoms. The first kappa shape index (κ1) is 24.6. The summed E-state index contributed by atoms with van der Waals surface area (Å²) in [6.07, 6.45) is 4.26. The van der Waals surface area contributed by atoms with Gasteiger partial charge in [0.25, 0.3) is 0 Å². The molecule has 0 amide bonds. The van der Waals surface area contributed by atoms with Gasteiger partial charge in [0.15, 0.2) is 0 Å². The third kappa shape index (κ3) is 6.74. The van der Waals surface area contributed by atoms with Crippen molar-refractivity contribution in [3.63, 3.8) is 0 Å². The predicted molar refractivity (Wildman–Crippen MR) is 133 cm³/mol. The number of rotatable bonds is 12. The lowest BCUT2D eigenvalue weighted by Crippen LogP contribution is -2.02. The van der Waals surface area contributed by atoms with Crippen molar-refractivity contribution in [3.8, 4) is 28.4 Å². The Balaban J connectivity index is 1.84. The van der Waals surface area contributed by atoms with Gasteiger partial charge in [-0.05, 0) is 66.3 Å². The van der Waals surface area contributed by atoms with Crippen LogP contribution in [0.3, 0.4) is 0 Å². The van der Waals surface area contributed by atoms with Gasteiger partial charge in [0.2, 0.25) is 0 Å². The third-order valence-corrected chi connectivity index (χ3v) is 5.96. The summed E-state index contributed by atoms with van der Waals surface area (Å²) in [5.74, 6) is 2.31. The molecule has 4 heteroatoms. The molecule has 0 unspecified atom stereocenters. The molecule has 0 aromatic heterocycles. The van der Waals surface area contributed by atoms with E-state index in [1.807, 2.05) is 30.3 Å². The summed E-state index contributed by atoms with van der Waals surface area (Å²) < 4.78 is 32.2. The van der Waals surface area contributed by atoms with Gasteiger partial charge in [0, 0.05) is 11.1 Å². The summed E-state index contributed by atoms with van der Waals surface area (Å²) in [7, 11) is 1.58. The van der Waals surface area contributed by atoms with Gasteiger partial charge >= 0.3 is 0 Å². The maximum absolute atomic E-state index is 14.7. The van der Waals surface area contributed by atoms with Crippen molar-refractivity contribution in [3.05, 3.63) is 77.6 Å². The van der Waals surface area contributed by atoms with Gasteiger partial charge in [0.05, 0.1) is 13.7 Å². The number of hydrogen-bond donors (Lipinski definition) is 0. The highest BCUT2D eigenvalue weighted by Crippen LogP contribution is 2.35. The molecule has 33 heavy (non-hydrogen) atoms.